The highest BCUT2D eigenvalue weighted by Gasteiger charge is 2.40. The van der Waals surface area contributed by atoms with Crippen LogP contribution in [0.3, 0.4) is 0 Å². The first-order valence-corrected chi connectivity index (χ1v) is 47.1. The number of benzene rings is 6. The van der Waals surface area contributed by atoms with Crippen molar-refractivity contribution < 1.29 is 113 Å². The average molecular weight is 1890 g/mol. The first kappa shape index (κ1) is 106. The number of nitrogens with zero attached hydrogens (tertiary/aromatic N) is 2. The number of hydrogen-bond acceptors (Lipinski definition) is 27. The van der Waals surface area contributed by atoms with E-state index >= 15 is 19.2 Å². The van der Waals surface area contributed by atoms with Gasteiger partial charge in [0.1, 0.15) is 79.2 Å². The Morgan fingerprint density at radius 1 is 0.470 bits per heavy atom. The number of aromatic amines is 1. The number of alkyl carbamates (subject to hydrolysis) is 2. The largest absolute Gasteiger partial charge is 0.463 e. The van der Waals surface area contributed by atoms with Gasteiger partial charge in [-0.05, 0) is 112 Å². The Bertz CT molecular complexity index is 5330. The molecule has 0 aliphatic carbocycles. The third-order valence-corrected chi connectivity index (χ3v) is 23.0. The maximum atomic E-state index is 15.5. The van der Waals surface area contributed by atoms with Crippen LogP contribution in [0.2, 0.25) is 0 Å². The summed E-state index contributed by atoms with van der Waals surface area (Å²) in [7, 11) is -7.47. The van der Waals surface area contributed by atoms with Crippen LogP contribution in [0, 0.1) is 0 Å². The molecule has 0 saturated heterocycles. The topological polar surface area (TPSA) is 607 Å². The van der Waals surface area contributed by atoms with Crippen molar-refractivity contribution in [3.8, 4) is 0 Å². The minimum Gasteiger partial charge on any atom is -0.463 e. The highest BCUT2D eigenvalue weighted by Crippen LogP contribution is 2.23. The zero-order valence-electron chi connectivity index (χ0n) is 73.8. The number of aliphatic hydroxyl groups excluding tert-OH is 3. The van der Waals surface area contributed by atoms with E-state index < -0.39 is 231 Å². The summed E-state index contributed by atoms with van der Waals surface area (Å²) in [6, 6.07) is 29.0. The van der Waals surface area contributed by atoms with E-state index in [1.165, 1.54) is 19.1 Å². The molecule has 132 heavy (non-hydrogen) atoms. The molecule has 0 saturated carbocycles. The molecule has 7 aromatic rings. The molecule has 12 atom stereocenters. The van der Waals surface area contributed by atoms with Gasteiger partial charge in [-0.2, -0.15) is 10.2 Å². The van der Waals surface area contributed by atoms with Gasteiger partial charge in [-0.15, -0.1) is 11.8 Å². The van der Waals surface area contributed by atoms with Crippen molar-refractivity contribution in [3.63, 3.8) is 0 Å². The van der Waals surface area contributed by atoms with E-state index in [0.717, 1.165) is 31.9 Å². The van der Waals surface area contributed by atoms with Gasteiger partial charge in [0.25, 0.3) is 0 Å². The Hall–Kier alpha value is -13.2. The number of thioether (sulfide) groups is 1. The molecule has 40 nitrogen and oxygen atoms in total. The Morgan fingerprint density at radius 2 is 0.902 bits per heavy atom. The van der Waals surface area contributed by atoms with Crippen molar-refractivity contribution in [2.45, 2.75) is 177 Å². The number of rotatable bonds is 52. The lowest BCUT2D eigenvalue weighted by Gasteiger charge is -2.29. The van der Waals surface area contributed by atoms with Crippen LogP contribution in [0.15, 0.2) is 186 Å². The number of hydrogen-bond donors (Lipinski definition) is 17. The number of esters is 1. The minimum absolute atomic E-state index is 0.0334. The van der Waals surface area contributed by atoms with Crippen molar-refractivity contribution in [2.75, 3.05) is 55.8 Å². The van der Waals surface area contributed by atoms with E-state index in [9.17, 15) is 80.1 Å². The number of fused-ring (bicyclic) bond motifs is 1. The number of unbranched alkanes of at least 4 members (excludes halogenated alkanes) is 1. The predicted octanol–water partition coefficient (Wildman–Crippen LogP) is 1.67. The second-order valence-corrected chi connectivity index (χ2v) is 37.4. The van der Waals surface area contributed by atoms with Gasteiger partial charge in [0.2, 0.25) is 65.0 Å². The van der Waals surface area contributed by atoms with Crippen molar-refractivity contribution in [1.82, 2.24) is 68.8 Å². The number of primary amides is 1. The van der Waals surface area contributed by atoms with Crippen LogP contribution in [-0.2, 0) is 123 Å². The quantitative estimate of drug-likeness (QED) is 0.00847. The minimum atomic E-state index is -3.94. The normalized spacial score (nSPS) is 14.3. The molecule has 13 amide bonds. The van der Waals surface area contributed by atoms with E-state index in [0.29, 0.717) is 50.1 Å². The number of aromatic nitrogens is 1. The van der Waals surface area contributed by atoms with Gasteiger partial charge in [-0.1, -0.05) is 140 Å². The van der Waals surface area contributed by atoms with Crippen LogP contribution >= 0.6 is 11.8 Å². The first-order valence-electron chi connectivity index (χ1n) is 42.1. The second kappa shape index (κ2) is 52.6. The van der Waals surface area contributed by atoms with E-state index in [4.69, 9.17) is 19.9 Å². The van der Waals surface area contributed by atoms with Gasteiger partial charge in [0.05, 0.1) is 59.7 Å². The highest BCUT2D eigenvalue weighted by molar-refractivity contribution is 7.99. The fourth-order valence-corrected chi connectivity index (χ4v) is 15.3. The molecule has 43 heteroatoms. The third-order valence-electron chi connectivity index (χ3n) is 19.6. The Balaban J connectivity index is 1.13. The summed E-state index contributed by atoms with van der Waals surface area (Å²) in [5.74, 6) is -14.8. The molecule has 1 aromatic heterocycles. The molecular weight excluding hydrogens is 1770 g/mol. The fraction of sp³-hybridized carbons (Fsp3) is 0.416. The number of carbonyl (C=O) groups excluding carboxylic acids is 14. The molecule has 18 N–H and O–H groups in total. The zero-order chi connectivity index (χ0) is 96.7. The van der Waals surface area contributed by atoms with Crippen molar-refractivity contribution >= 4 is 137 Å². The first-order chi connectivity index (χ1) is 62.6. The number of para-hydroxylation sites is 1. The average Bonchev–Trinajstić information content (AvgIpc) is 1.65. The summed E-state index contributed by atoms with van der Waals surface area (Å²) in [5, 5.41) is 72.1. The van der Waals surface area contributed by atoms with Gasteiger partial charge in [0.15, 0.2) is 19.7 Å². The maximum absolute atomic E-state index is 15.5. The van der Waals surface area contributed by atoms with Crippen LogP contribution in [0.5, 0.6) is 0 Å². The molecule has 0 unspecified atom stereocenters. The summed E-state index contributed by atoms with van der Waals surface area (Å²) in [4.78, 5) is 200. The monoisotopic (exact) mass is 1890 g/mol. The van der Waals surface area contributed by atoms with E-state index in [2.05, 4.69) is 79.0 Å². The van der Waals surface area contributed by atoms with E-state index in [1.54, 1.807) is 179 Å². The smallest absolute Gasteiger partial charge is 0.408 e. The Morgan fingerprint density at radius 3 is 1.39 bits per heavy atom. The highest BCUT2D eigenvalue weighted by atomic mass is 32.2. The predicted molar refractivity (Wildman–Crippen MR) is 487 cm³/mol. The molecule has 0 bridgehead atoms. The summed E-state index contributed by atoms with van der Waals surface area (Å²) in [5.41, 5.74) is 8.33. The molecule has 712 valence electrons. The number of azo groups is 1. The van der Waals surface area contributed by atoms with Crippen molar-refractivity contribution in [1.29, 1.82) is 0 Å². The molecule has 0 spiro atoms. The number of ether oxygens (including phenoxy) is 3. The third kappa shape index (κ3) is 38.1. The summed E-state index contributed by atoms with van der Waals surface area (Å²) in [6.07, 6.45) is -5.57. The lowest BCUT2D eigenvalue weighted by atomic mass is 10.00. The van der Waals surface area contributed by atoms with E-state index in [1.807, 2.05) is 6.07 Å². The second-order valence-electron chi connectivity index (χ2n) is 32.0. The molecule has 0 aliphatic heterocycles. The Kier molecular flexibility index (Phi) is 42.1. The van der Waals surface area contributed by atoms with Gasteiger partial charge in [-0.25, -0.2) is 31.2 Å². The SMILES string of the molecule is CC(=O)NCSC[C@H](NC(=O)[C@H](CO)NC(=O)[C@@H](NC(=O)[C@H](Cc1ccccc1)NC(=O)[C@@H](NC(=O)[C@H](CCCCNC(=O)OCCS(C)(=O)=O)NC(=O)[C@H](Cc1c[nH]c2ccccc12)NC(=O)[C@H](Cc1ccccc1)NC(=O)[C@H](Cc1ccccc1)NC(=O)[C@H](CC(N)=O)NC(=O)OC(C)(C)C)[C@@H](C)O)[C@@H](C)O)C(=O)OCCS(=O)(=O)Cc1ccc(N=Nc2ccccc2)cc1. The van der Waals surface area contributed by atoms with Gasteiger partial charge < -0.3 is 104 Å². The number of nitrogens with one attached hydrogen (secondary N) is 13. The zero-order valence-corrected chi connectivity index (χ0v) is 76.3. The lowest BCUT2D eigenvalue weighted by Crippen LogP contribution is -2.63. The Labute approximate surface area is 767 Å². The van der Waals surface area contributed by atoms with Crippen molar-refractivity contribution in [3.05, 3.63) is 204 Å². The van der Waals surface area contributed by atoms with Crippen LogP contribution in [0.25, 0.3) is 10.9 Å². The van der Waals surface area contributed by atoms with Crippen LogP contribution in [-0.4, -0.2) is 254 Å². The van der Waals surface area contributed by atoms with Crippen LogP contribution in [0.1, 0.15) is 95.0 Å². The van der Waals surface area contributed by atoms with Crippen LogP contribution < -0.4 is 69.5 Å². The molecule has 0 aliphatic rings. The summed E-state index contributed by atoms with van der Waals surface area (Å²) >= 11 is 0.926. The lowest BCUT2D eigenvalue weighted by molar-refractivity contribution is -0.147. The van der Waals surface area contributed by atoms with Crippen molar-refractivity contribution in [2.24, 2.45) is 16.0 Å². The molecule has 1 heterocycles. The number of nitrogens with two attached hydrogens (primary N) is 1. The molecular formula is C89H114N16O24S3. The molecule has 7 rings (SSSR count). The number of carbonyl (C=O) groups is 14. The molecule has 0 fully saturated rings. The van der Waals surface area contributed by atoms with Crippen LogP contribution in [0.4, 0.5) is 21.0 Å². The molecule has 6 aromatic carbocycles. The van der Waals surface area contributed by atoms with E-state index in [-0.39, 0.29) is 56.7 Å². The number of aliphatic hydroxyl groups is 3. The maximum Gasteiger partial charge on any atom is 0.408 e. The number of amides is 13. The fourth-order valence-electron chi connectivity index (χ4n) is 12.9. The van der Waals surface area contributed by atoms with Gasteiger partial charge in [-0.3, -0.25) is 52.7 Å². The summed E-state index contributed by atoms with van der Waals surface area (Å²) < 4.78 is 65.7. The standard InChI is InChI=1S/C89H114N16O24S3/c1-54(107)75(84(118)98-69(46-59-28-16-10-17-29-59)82(116)103-76(55(2)108)85(119)99-72(50-106)83(117)100-73(51-130-53-93-56(3)109)86(120)127-41-43-132(125,126)52-60-35-37-63(38-36-60)105-104-62-30-18-11-19-31-62)102-77(111)66(34-22-23-39-91-87(121)128-40-42-131(7,123)124)94-80(114)70(47-61-49-92-65-33-21-20-32-64(61)65)97-79(113)68(45-58-26-14-9-15-27-58)95-78(112)67(44-57-24-12-8-13-25-57)96-81(115)71(48-74(90)110)101-88(122)129-89(4,5)6/h8-21,24-33,35-38,49,54-55,66-73,75-76,92,106-108H,22-23,34,39-48,50-53H2,1-7H3,(H2,90,110)(H,91,121)(H,93,109)(H,94,114)(H,95,112)(H,96,115)(H,97,113)(H,98,118)(H,99,119)(H,100,117)(H,101,122)(H,102,111)(H,103,116)/t54-,55-,66+,67+,68+,69+,70+,71+,72+,73+,75+,76+/m1/s1. The van der Waals surface area contributed by atoms with Gasteiger partial charge in [0, 0.05) is 68.3 Å². The summed E-state index contributed by atoms with van der Waals surface area (Å²) in [6.45, 7) is 5.59. The molecule has 0 radical (unpaired) electrons. The number of H-pyrrole nitrogens is 1. The van der Waals surface area contributed by atoms with Gasteiger partial charge >= 0.3 is 18.2 Å². The number of sulfone groups is 2.